The van der Waals surface area contributed by atoms with Crippen molar-refractivity contribution in [2.75, 3.05) is 20.8 Å². The molecular formula is C11H18N2O3. The Labute approximate surface area is 95.1 Å². The highest BCUT2D eigenvalue weighted by molar-refractivity contribution is 5.87. The molecule has 0 aromatic carbocycles. The van der Waals surface area contributed by atoms with Crippen LogP contribution in [0.25, 0.3) is 0 Å². The van der Waals surface area contributed by atoms with Crippen molar-refractivity contribution in [2.24, 2.45) is 0 Å². The van der Waals surface area contributed by atoms with E-state index in [0.717, 1.165) is 12.2 Å². The van der Waals surface area contributed by atoms with Crippen LogP contribution in [0.2, 0.25) is 0 Å². The van der Waals surface area contributed by atoms with Crippen LogP contribution >= 0.6 is 0 Å². The number of rotatable bonds is 6. The fraction of sp³-hybridized carbons (Fsp3) is 0.545. The molecule has 0 amide bonds. The standard InChI is InChI=1S/C11H18N2O3/c1-8(15-2)6-12-7-9-4-5-10(13-9)11(14)16-3/h4-5,8,12-13H,6-7H2,1-3H3. The second-order valence-corrected chi connectivity index (χ2v) is 3.57. The molecule has 90 valence electrons. The summed E-state index contributed by atoms with van der Waals surface area (Å²) in [6.07, 6.45) is 0.176. The summed E-state index contributed by atoms with van der Waals surface area (Å²) in [6.45, 7) is 3.43. The first-order valence-corrected chi connectivity index (χ1v) is 5.17. The van der Waals surface area contributed by atoms with E-state index in [2.05, 4.69) is 15.0 Å². The number of H-pyrrole nitrogens is 1. The molecule has 1 rings (SSSR count). The van der Waals surface area contributed by atoms with Crippen molar-refractivity contribution >= 4 is 5.97 Å². The Hall–Kier alpha value is -1.33. The maximum absolute atomic E-state index is 11.2. The van der Waals surface area contributed by atoms with Crippen LogP contribution in [0, 0.1) is 0 Å². The van der Waals surface area contributed by atoms with Gasteiger partial charge in [0.1, 0.15) is 5.69 Å². The lowest BCUT2D eigenvalue weighted by atomic mass is 10.3. The first-order chi connectivity index (χ1) is 7.67. The average Bonchev–Trinajstić information content (AvgIpc) is 2.76. The fourth-order valence-corrected chi connectivity index (χ4v) is 1.27. The number of aromatic amines is 1. The molecule has 5 nitrogen and oxygen atoms in total. The third-order valence-electron chi connectivity index (χ3n) is 2.30. The van der Waals surface area contributed by atoms with E-state index >= 15 is 0 Å². The Morgan fingerprint density at radius 3 is 2.88 bits per heavy atom. The SMILES string of the molecule is COC(=O)c1ccc(CNCC(C)OC)[nH]1. The van der Waals surface area contributed by atoms with Gasteiger partial charge in [-0.25, -0.2) is 4.79 Å². The van der Waals surface area contributed by atoms with Crippen LogP contribution < -0.4 is 5.32 Å². The van der Waals surface area contributed by atoms with E-state index in [9.17, 15) is 4.79 Å². The Kier molecular flexibility index (Phi) is 5.01. The van der Waals surface area contributed by atoms with Crippen molar-refractivity contribution in [2.45, 2.75) is 19.6 Å². The van der Waals surface area contributed by atoms with Gasteiger partial charge in [0.25, 0.3) is 0 Å². The average molecular weight is 226 g/mol. The monoisotopic (exact) mass is 226 g/mol. The van der Waals surface area contributed by atoms with Gasteiger partial charge in [-0.1, -0.05) is 0 Å². The lowest BCUT2D eigenvalue weighted by Crippen LogP contribution is -2.25. The van der Waals surface area contributed by atoms with E-state index in [-0.39, 0.29) is 12.1 Å². The van der Waals surface area contributed by atoms with Crippen LogP contribution in [-0.2, 0) is 16.0 Å². The number of esters is 1. The second kappa shape index (κ2) is 6.30. The van der Waals surface area contributed by atoms with Gasteiger partial charge in [-0.15, -0.1) is 0 Å². The van der Waals surface area contributed by atoms with Gasteiger partial charge in [-0.3, -0.25) is 0 Å². The first kappa shape index (κ1) is 12.7. The minimum Gasteiger partial charge on any atom is -0.464 e. The number of nitrogens with one attached hydrogen (secondary N) is 2. The molecule has 0 aliphatic heterocycles. The summed E-state index contributed by atoms with van der Waals surface area (Å²) in [4.78, 5) is 14.1. The minimum absolute atomic E-state index is 0.176. The predicted molar refractivity (Wildman–Crippen MR) is 60.3 cm³/mol. The Morgan fingerprint density at radius 1 is 1.50 bits per heavy atom. The fourth-order valence-electron chi connectivity index (χ4n) is 1.27. The van der Waals surface area contributed by atoms with Gasteiger partial charge in [0.15, 0.2) is 0 Å². The molecule has 1 heterocycles. The molecule has 0 fully saturated rings. The maximum Gasteiger partial charge on any atom is 0.354 e. The molecular weight excluding hydrogens is 208 g/mol. The zero-order valence-corrected chi connectivity index (χ0v) is 9.87. The number of carbonyl (C=O) groups excluding carboxylic acids is 1. The Balaban J connectivity index is 2.38. The highest BCUT2D eigenvalue weighted by Gasteiger charge is 2.07. The van der Waals surface area contributed by atoms with Crippen molar-refractivity contribution in [3.63, 3.8) is 0 Å². The van der Waals surface area contributed by atoms with E-state index in [1.165, 1.54) is 7.11 Å². The summed E-state index contributed by atoms with van der Waals surface area (Å²) in [6, 6.07) is 3.57. The van der Waals surface area contributed by atoms with Gasteiger partial charge >= 0.3 is 5.97 Å². The first-order valence-electron chi connectivity index (χ1n) is 5.17. The van der Waals surface area contributed by atoms with Crippen LogP contribution in [0.3, 0.4) is 0 Å². The number of aromatic nitrogens is 1. The number of ether oxygens (including phenoxy) is 2. The summed E-state index contributed by atoms with van der Waals surface area (Å²) >= 11 is 0. The number of carbonyl (C=O) groups is 1. The van der Waals surface area contributed by atoms with Gasteiger partial charge in [0.2, 0.25) is 0 Å². The quantitative estimate of drug-likeness (QED) is 0.708. The summed E-state index contributed by atoms with van der Waals surface area (Å²) in [7, 11) is 3.04. The smallest absolute Gasteiger partial charge is 0.354 e. The van der Waals surface area contributed by atoms with Crippen molar-refractivity contribution in [1.82, 2.24) is 10.3 Å². The topological polar surface area (TPSA) is 63.4 Å². The normalized spacial score (nSPS) is 12.4. The third-order valence-corrected chi connectivity index (χ3v) is 2.30. The van der Waals surface area contributed by atoms with Gasteiger partial charge in [-0.05, 0) is 19.1 Å². The molecule has 0 saturated carbocycles. The molecule has 0 saturated heterocycles. The van der Waals surface area contributed by atoms with E-state index in [1.54, 1.807) is 13.2 Å². The maximum atomic E-state index is 11.2. The lowest BCUT2D eigenvalue weighted by molar-refractivity contribution is 0.0594. The molecule has 5 heteroatoms. The minimum atomic E-state index is -0.350. The molecule has 1 atom stereocenters. The van der Waals surface area contributed by atoms with Crippen molar-refractivity contribution < 1.29 is 14.3 Å². The summed E-state index contributed by atoms with van der Waals surface area (Å²) < 4.78 is 9.70. The van der Waals surface area contributed by atoms with Crippen LogP contribution in [0.1, 0.15) is 23.1 Å². The molecule has 2 N–H and O–H groups in total. The van der Waals surface area contributed by atoms with Crippen molar-refractivity contribution in [3.05, 3.63) is 23.5 Å². The molecule has 0 aliphatic rings. The largest absolute Gasteiger partial charge is 0.464 e. The van der Waals surface area contributed by atoms with Gasteiger partial charge < -0.3 is 19.8 Å². The number of hydrogen-bond donors (Lipinski definition) is 2. The zero-order valence-electron chi connectivity index (χ0n) is 9.87. The van der Waals surface area contributed by atoms with Crippen molar-refractivity contribution in [3.8, 4) is 0 Å². The molecule has 0 spiro atoms. The Morgan fingerprint density at radius 2 is 2.25 bits per heavy atom. The van der Waals surface area contributed by atoms with E-state index in [4.69, 9.17) is 4.74 Å². The summed E-state index contributed by atoms with van der Waals surface area (Å²) in [5.41, 5.74) is 1.42. The van der Waals surface area contributed by atoms with Crippen LogP contribution in [0.5, 0.6) is 0 Å². The van der Waals surface area contributed by atoms with Crippen LogP contribution in [-0.4, -0.2) is 37.8 Å². The third kappa shape index (κ3) is 3.67. The zero-order chi connectivity index (χ0) is 12.0. The summed E-state index contributed by atoms with van der Waals surface area (Å²) in [5.74, 6) is -0.350. The molecule has 16 heavy (non-hydrogen) atoms. The molecule has 0 aliphatic carbocycles. The highest BCUT2D eigenvalue weighted by atomic mass is 16.5. The molecule has 1 unspecified atom stereocenters. The molecule has 0 bridgehead atoms. The molecule has 0 radical (unpaired) electrons. The van der Waals surface area contributed by atoms with Crippen molar-refractivity contribution in [1.29, 1.82) is 0 Å². The molecule has 1 aromatic rings. The van der Waals surface area contributed by atoms with Crippen LogP contribution in [0.15, 0.2) is 12.1 Å². The molecule has 1 aromatic heterocycles. The van der Waals surface area contributed by atoms with E-state index in [1.807, 2.05) is 13.0 Å². The van der Waals surface area contributed by atoms with Gasteiger partial charge in [0.05, 0.1) is 13.2 Å². The predicted octanol–water partition coefficient (Wildman–Crippen LogP) is 0.926. The number of hydrogen-bond acceptors (Lipinski definition) is 4. The lowest BCUT2D eigenvalue weighted by Gasteiger charge is -2.09. The Bertz CT molecular complexity index is 336. The number of methoxy groups -OCH3 is 2. The second-order valence-electron chi connectivity index (χ2n) is 3.57. The highest BCUT2D eigenvalue weighted by Crippen LogP contribution is 2.03. The van der Waals surface area contributed by atoms with Gasteiger partial charge in [0, 0.05) is 25.9 Å². The van der Waals surface area contributed by atoms with Gasteiger partial charge in [-0.2, -0.15) is 0 Å². The van der Waals surface area contributed by atoms with E-state index in [0.29, 0.717) is 12.2 Å². The van der Waals surface area contributed by atoms with Crippen LogP contribution in [0.4, 0.5) is 0 Å². The van der Waals surface area contributed by atoms with E-state index < -0.39 is 0 Å². The summed E-state index contributed by atoms with van der Waals surface area (Å²) in [5, 5.41) is 3.21.